The third-order valence-electron chi connectivity index (χ3n) is 5.27. The van der Waals surface area contributed by atoms with Gasteiger partial charge in [-0.05, 0) is 58.1 Å². The van der Waals surface area contributed by atoms with Crippen molar-refractivity contribution in [2.75, 3.05) is 19.6 Å². The lowest BCUT2D eigenvalue weighted by atomic mass is 9.95. The number of nitrogens with one attached hydrogen (secondary N) is 1. The number of rotatable bonds is 5. The SMILES string of the molecule is Cn1cc(C(=O)NCCC2CCCN(C(=O)OC(C)(C)C)C2)c(-c2ccc(F)cc2F)n1. The Morgan fingerprint density at radius 3 is 2.72 bits per heavy atom. The summed E-state index contributed by atoms with van der Waals surface area (Å²) in [4.78, 5) is 26.8. The van der Waals surface area contributed by atoms with Gasteiger partial charge in [0.2, 0.25) is 0 Å². The first-order valence-electron chi connectivity index (χ1n) is 10.8. The van der Waals surface area contributed by atoms with E-state index in [1.165, 1.54) is 16.9 Å². The first kappa shape index (κ1) is 23.7. The monoisotopic (exact) mass is 448 g/mol. The van der Waals surface area contributed by atoms with E-state index < -0.39 is 17.2 Å². The average molecular weight is 449 g/mol. The molecule has 9 heteroatoms. The summed E-state index contributed by atoms with van der Waals surface area (Å²) < 4.78 is 34.4. The molecule has 1 fully saturated rings. The second-order valence-corrected chi connectivity index (χ2v) is 9.17. The average Bonchev–Trinajstić information content (AvgIpc) is 3.08. The van der Waals surface area contributed by atoms with Crippen molar-refractivity contribution in [2.24, 2.45) is 13.0 Å². The number of nitrogens with zero attached hydrogens (tertiary/aromatic N) is 3. The van der Waals surface area contributed by atoms with E-state index in [4.69, 9.17) is 4.74 Å². The van der Waals surface area contributed by atoms with E-state index >= 15 is 0 Å². The van der Waals surface area contributed by atoms with Crippen LogP contribution in [-0.2, 0) is 11.8 Å². The van der Waals surface area contributed by atoms with Gasteiger partial charge in [-0.15, -0.1) is 0 Å². The molecule has 1 unspecified atom stereocenters. The summed E-state index contributed by atoms with van der Waals surface area (Å²) in [5.74, 6) is -1.60. The molecule has 0 aliphatic carbocycles. The molecule has 32 heavy (non-hydrogen) atoms. The Hall–Kier alpha value is -2.97. The number of halogens is 2. The number of piperidine rings is 1. The van der Waals surface area contributed by atoms with Crippen LogP contribution in [0.3, 0.4) is 0 Å². The molecule has 3 rings (SSSR count). The lowest BCUT2D eigenvalue weighted by molar-refractivity contribution is 0.0161. The lowest BCUT2D eigenvalue weighted by Gasteiger charge is -2.34. The van der Waals surface area contributed by atoms with E-state index in [1.54, 1.807) is 11.9 Å². The zero-order valence-corrected chi connectivity index (χ0v) is 19.0. The zero-order chi connectivity index (χ0) is 23.5. The molecule has 1 aromatic carbocycles. The molecule has 2 aromatic rings. The third kappa shape index (κ3) is 6.05. The van der Waals surface area contributed by atoms with Gasteiger partial charge in [-0.2, -0.15) is 5.10 Å². The van der Waals surface area contributed by atoms with Crippen LogP contribution >= 0.6 is 0 Å². The fraction of sp³-hybridized carbons (Fsp3) is 0.522. The van der Waals surface area contributed by atoms with Gasteiger partial charge in [-0.1, -0.05) is 0 Å². The Bertz CT molecular complexity index is 984. The molecule has 0 saturated carbocycles. The van der Waals surface area contributed by atoms with E-state index in [1.807, 2.05) is 20.8 Å². The number of hydrogen-bond donors (Lipinski definition) is 1. The fourth-order valence-corrected chi connectivity index (χ4v) is 3.81. The first-order valence-corrected chi connectivity index (χ1v) is 10.8. The van der Waals surface area contributed by atoms with Crippen LogP contribution in [-0.4, -0.2) is 51.9 Å². The maximum atomic E-state index is 14.2. The third-order valence-corrected chi connectivity index (χ3v) is 5.27. The standard InChI is InChI=1S/C23H30F2N4O3/c1-23(2,3)32-22(31)29-11-5-6-15(13-29)9-10-26-21(30)18-14-28(4)27-20(18)17-8-7-16(24)12-19(17)25/h7-8,12,14-15H,5-6,9-11,13H2,1-4H3,(H,26,30). The molecule has 2 heterocycles. The van der Waals surface area contributed by atoms with Crippen molar-refractivity contribution in [3.63, 3.8) is 0 Å². The van der Waals surface area contributed by atoms with Gasteiger partial charge in [0.1, 0.15) is 22.9 Å². The highest BCUT2D eigenvalue weighted by Gasteiger charge is 2.28. The van der Waals surface area contributed by atoms with Gasteiger partial charge in [0.25, 0.3) is 5.91 Å². The minimum absolute atomic E-state index is 0.0671. The van der Waals surface area contributed by atoms with Gasteiger partial charge in [0, 0.05) is 44.5 Å². The number of hydrogen-bond acceptors (Lipinski definition) is 4. The van der Waals surface area contributed by atoms with Crippen molar-refractivity contribution in [1.82, 2.24) is 20.0 Å². The summed E-state index contributed by atoms with van der Waals surface area (Å²) in [6.07, 6.45) is 3.75. The summed E-state index contributed by atoms with van der Waals surface area (Å²) in [7, 11) is 1.63. The molecule has 1 aromatic heterocycles. The van der Waals surface area contributed by atoms with Crippen LogP contribution < -0.4 is 5.32 Å². The van der Waals surface area contributed by atoms with Crippen molar-refractivity contribution in [1.29, 1.82) is 0 Å². The molecule has 1 aliphatic heterocycles. The van der Waals surface area contributed by atoms with E-state index in [9.17, 15) is 18.4 Å². The highest BCUT2D eigenvalue weighted by atomic mass is 19.1. The molecule has 7 nitrogen and oxygen atoms in total. The predicted molar refractivity (Wildman–Crippen MR) is 116 cm³/mol. The summed E-state index contributed by atoms with van der Waals surface area (Å²) in [6.45, 7) is 7.18. The molecule has 0 bridgehead atoms. The van der Waals surface area contributed by atoms with Crippen LogP contribution in [0.2, 0.25) is 0 Å². The fourth-order valence-electron chi connectivity index (χ4n) is 3.81. The molecule has 1 aliphatic rings. The Morgan fingerprint density at radius 1 is 1.28 bits per heavy atom. The second kappa shape index (κ2) is 9.67. The zero-order valence-electron chi connectivity index (χ0n) is 19.0. The number of benzene rings is 1. The van der Waals surface area contributed by atoms with E-state index in [0.717, 1.165) is 25.0 Å². The van der Waals surface area contributed by atoms with Crippen molar-refractivity contribution >= 4 is 12.0 Å². The Morgan fingerprint density at radius 2 is 2.03 bits per heavy atom. The van der Waals surface area contributed by atoms with Crippen LogP contribution in [0.1, 0.15) is 50.4 Å². The molecular weight excluding hydrogens is 418 g/mol. The molecule has 1 atom stereocenters. The van der Waals surface area contributed by atoms with Gasteiger partial charge in [0.15, 0.2) is 0 Å². The molecule has 0 spiro atoms. The maximum Gasteiger partial charge on any atom is 0.410 e. The number of carbonyl (C=O) groups is 2. The van der Waals surface area contributed by atoms with Gasteiger partial charge in [-0.25, -0.2) is 13.6 Å². The number of ether oxygens (including phenoxy) is 1. The molecule has 1 saturated heterocycles. The minimum atomic E-state index is -0.776. The molecule has 174 valence electrons. The molecule has 2 amide bonds. The van der Waals surface area contributed by atoms with Gasteiger partial charge in [0.05, 0.1) is 5.56 Å². The Kier molecular flexibility index (Phi) is 7.16. The predicted octanol–water partition coefficient (Wildman–Crippen LogP) is 4.13. The largest absolute Gasteiger partial charge is 0.444 e. The van der Waals surface area contributed by atoms with E-state index in [2.05, 4.69) is 10.4 Å². The second-order valence-electron chi connectivity index (χ2n) is 9.17. The number of carbonyl (C=O) groups excluding carboxylic acids is 2. The maximum absolute atomic E-state index is 14.2. The van der Waals surface area contributed by atoms with Crippen molar-refractivity contribution < 1.29 is 23.1 Å². The summed E-state index contributed by atoms with van der Waals surface area (Å²) in [6, 6.07) is 3.18. The van der Waals surface area contributed by atoms with Gasteiger partial charge >= 0.3 is 6.09 Å². The first-order chi connectivity index (χ1) is 15.0. The number of likely N-dealkylation sites (tertiary alicyclic amines) is 1. The normalized spacial score (nSPS) is 16.7. The summed E-state index contributed by atoms with van der Waals surface area (Å²) >= 11 is 0. The highest BCUT2D eigenvalue weighted by molar-refractivity contribution is 5.99. The van der Waals surface area contributed by atoms with E-state index in [0.29, 0.717) is 26.1 Å². The Balaban J connectivity index is 1.58. The minimum Gasteiger partial charge on any atom is -0.444 e. The smallest absolute Gasteiger partial charge is 0.410 e. The van der Waals surface area contributed by atoms with E-state index in [-0.39, 0.29) is 34.7 Å². The molecule has 1 N–H and O–H groups in total. The summed E-state index contributed by atoms with van der Waals surface area (Å²) in [5.41, 5.74) is -0.0885. The van der Waals surface area contributed by atoms with Crippen molar-refractivity contribution in [3.05, 3.63) is 41.6 Å². The number of aryl methyl sites for hydroxylation is 1. The number of amides is 2. The molecular formula is C23H30F2N4O3. The van der Waals surface area contributed by atoms with Crippen LogP contribution in [0.25, 0.3) is 11.3 Å². The van der Waals surface area contributed by atoms with Crippen LogP contribution in [0.4, 0.5) is 13.6 Å². The number of aromatic nitrogens is 2. The van der Waals surface area contributed by atoms with Crippen molar-refractivity contribution in [2.45, 2.75) is 45.6 Å². The van der Waals surface area contributed by atoms with Gasteiger partial charge < -0.3 is 15.0 Å². The summed E-state index contributed by atoms with van der Waals surface area (Å²) in [5, 5.41) is 7.04. The quantitative estimate of drug-likeness (QED) is 0.746. The van der Waals surface area contributed by atoms with Crippen LogP contribution in [0.5, 0.6) is 0 Å². The van der Waals surface area contributed by atoms with Crippen molar-refractivity contribution in [3.8, 4) is 11.3 Å². The van der Waals surface area contributed by atoms with Gasteiger partial charge in [-0.3, -0.25) is 9.48 Å². The van der Waals surface area contributed by atoms with Crippen LogP contribution in [0.15, 0.2) is 24.4 Å². The topological polar surface area (TPSA) is 76.5 Å². The lowest BCUT2D eigenvalue weighted by Crippen LogP contribution is -2.43. The Labute approximate surface area is 186 Å². The molecule has 0 radical (unpaired) electrons. The van der Waals surface area contributed by atoms with Crippen LogP contribution in [0, 0.1) is 17.6 Å². The highest BCUT2D eigenvalue weighted by Crippen LogP contribution is 2.26.